The Morgan fingerprint density at radius 2 is 1.84 bits per heavy atom. The van der Waals surface area contributed by atoms with Gasteiger partial charge in [-0.1, -0.05) is 24.2 Å². The van der Waals surface area contributed by atoms with E-state index in [4.69, 9.17) is 9.26 Å². The molecule has 0 radical (unpaired) electrons. The van der Waals surface area contributed by atoms with Gasteiger partial charge in [-0.25, -0.2) is 4.39 Å². The summed E-state index contributed by atoms with van der Waals surface area (Å²) in [5, 5.41) is 14.9. The number of nitrogens with zero attached hydrogens (tertiary/aromatic N) is 2. The number of aliphatic hydroxyl groups is 1. The molecule has 1 unspecified atom stereocenters. The van der Waals surface area contributed by atoms with Crippen molar-refractivity contribution < 1.29 is 28.3 Å². The lowest BCUT2D eigenvalue weighted by Gasteiger charge is -2.23. The van der Waals surface area contributed by atoms with Crippen molar-refractivity contribution in [3.8, 4) is 5.75 Å². The Morgan fingerprint density at radius 1 is 1.16 bits per heavy atom. The summed E-state index contributed by atoms with van der Waals surface area (Å²) in [6.07, 6.45) is 0.852. The van der Waals surface area contributed by atoms with Gasteiger partial charge in [-0.05, 0) is 55.3 Å². The molecule has 2 aromatic carbocycles. The number of rotatable bonds is 6. The Balaban J connectivity index is 1.85. The summed E-state index contributed by atoms with van der Waals surface area (Å²) >= 11 is 0. The second-order valence-corrected chi connectivity index (χ2v) is 7.39. The van der Waals surface area contributed by atoms with E-state index in [2.05, 4.69) is 5.16 Å². The maximum Gasteiger partial charge on any atom is 0.301 e. The van der Waals surface area contributed by atoms with Gasteiger partial charge in [0.05, 0.1) is 18.2 Å². The van der Waals surface area contributed by atoms with E-state index >= 15 is 0 Å². The van der Waals surface area contributed by atoms with Crippen molar-refractivity contribution in [1.29, 1.82) is 0 Å². The second-order valence-electron chi connectivity index (χ2n) is 7.39. The first-order chi connectivity index (χ1) is 15.4. The van der Waals surface area contributed by atoms with Gasteiger partial charge in [0.25, 0.3) is 5.78 Å². The smallest absolute Gasteiger partial charge is 0.301 e. The van der Waals surface area contributed by atoms with Gasteiger partial charge in [0.15, 0.2) is 5.82 Å². The second kappa shape index (κ2) is 8.66. The molecule has 164 valence electrons. The Bertz CT molecular complexity index is 1180. The molecule has 0 spiro atoms. The Labute approximate surface area is 183 Å². The standard InChI is InChI=1S/C24H21FN2O5/c1-3-12-31-18-10-6-15(7-11-18)21-20(22(28)16-4-8-17(25)9-5-16)23(29)24(30)27(21)19-13-14(2)32-26-19/h4-11,13,21,28H,3,12H2,1-2H3/b22-20+. The predicted octanol–water partition coefficient (Wildman–Crippen LogP) is 4.54. The monoisotopic (exact) mass is 436 g/mol. The van der Waals surface area contributed by atoms with Crippen LogP contribution in [-0.2, 0) is 9.59 Å². The van der Waals surface area contributed by atoms with Gasteiger partial charge in [-0.3, -0.25) is 14.5 Å². The number of aromatic nitrogens is 1. The highest BCUT2D eigenvalue weighted by Gasteiger charge is 2.48. The van der Waals surface area contributed by atoms with Crippen LogP contribution in [-0.4, -0.2) is 28.6 Å². The molecule has 32 heavy (non-hydrogen) atoms. The molecule has 1 aliphatic rings. The lowest BCUT2D eigenvalue weighted by molar-refractivity contribution is -0.132. The molecule has 4 rings (SSSR count). The zero-order valence-electron chi connectivity index (χ0n) is 17.5. The molecule has 8 heteroatoms. The first-order valence-corrected chi connectivity index (χ1v) is 10.1. The molecule has 1 N–H and O–H groups in total. The molecule has 1 amide bonds. The van der Waals surface area contributed by atoms with Gasteiger partial charge in [0.2, 0.25) is 0 Å². The van der Waals surface area contributed by atoms with Crippen molar-refractivity contribution in [2.75, 3.05) is 11.5 Å². The molecule has 1 atom stereocenters. The molecule has 1 fully saturated rings. The van der Waals surface area contributed by atoms with Crippen LogP contribution in [0.3, 0.4) is 0 Å². The topological polar surface area (TPSA) is 92.9 Å². The molecule has 1 saturated heterocycles. The molecule has 0 saturated carbocycles. The van der Waals surface area contributed by atoms with Crippen LogP contribution in [0, 0.1) is 12.7 Å². The van der Waals surface area contributed by atoms with E-state index in [9.17, 15) is 19.1 Å². The van der Waals surface area contributed by atoms with Crippen molar-refractivity contribution in [1.82, 2.24) is 5.16 Å². The number of ether oxygens (including phenoxy) is 1. The molecule has 3 aromatic rings. The number of ketones is 1. The summed E-state index contributed by atoms with van der Waals surface area (Å²) in [6.45, 7) is 4.22. The maximum atomic E-state index is 13.4. The lowest BCUT2D eigenvalue weighted by atomic mass is 9.95. The minimum absolute atomic E-state index is 0.121. The summed E-state index contributed by atoms with van der Waals surface area (Å²) in [5.74, 6) is -1.35. The van der Waals surface area contributed by atoms with E-state index in [1.165, 1.54) is 35.2 Å². The first-order valence-electron chi connectivity index (χ1n) is 10.1. The van der Waals surface area contributed by atoms with Crippen molar-refractivity contribution in [2.45, 2.75) is 26.3 Å². The fraction of sp³-hybridized carbons (Fsp3) is 0.208. The summed E-state index contributed by atoms with van der Waals surface area (Å²) in [7, 11) is 0. The number of carbonyl (C=O) groups excluding carboxylic acids is 2. The number of carbonyl (C=O) groups is 2. The zero-order chi connectivity index (χ0) is 22.8. The summed E-state index contributed by atoms with van der Waals surface area (Å²) in [6, 6.07) is 12.5. The number of Topliss-reactive ketones (excluding diaryl/α,β-unsaturated/α-hetero) is 1. The Hall–Kier alpha value is -3.94. The Morgan fingerprint density at radius 3 is 2.44 bits per heavy atom. The summed E-state index contributed by atoms with van der Waals surface area (Å²) in [5.41, 5.74) is 0.662. The first kappa shape index (κ1) is 21.3. The van der Waals surface area contributed by atoms with E-state index in [-0.39, 0.29) is 17.0 Å². The molecule has 0 aliphatic carbocycles. The number of hydrogen-bond donors (Lipinski definition) is 1. The van der Waals surface area contributed by atoms with Crippen molar-refractivity contribution in [3.63, 3.8) is 0 Å². The molecular weight excluding hydrogens is 415 g/mol. The van der Waals surface area contributed by atoms with Crippen LogP contribution < -0.4 is 9.64 Å². The minimum Gasteiger partial charge on any atom is -0.507 e. The van der Waals surface area contributed by atoms with Gasteiger partial charge in [-0.15, -0.1) is 0 Å². The average molecular weight is 436 g/mol. The number of amides is 1. The highest BCUT2D eigenvalue weighted by molar-refractivity contribution is 6.51. The third-order valence-corrected chi connectivity index (χ3v) is 5.09. The van der Waals surface area contributed by atoms with E-state index in [0.717, 1.165) is 6.42 Å². The van der Waals surface area contributed by atoms with Crippen LogP contribution in [0.5, 0.6) is 5.75 Å². The molecule has 1 aliphatic heterocycles. The third-order valence-electron chi connectivity index (χ3n) is 5.09. The van der Waals surface area contributed by atoms with Crippen molar-refractivity contribution in [2.24, 2.45) is 0 Å². The fourth-order valence-corrected chi connectivity index (χ4v) is 3.58. The number of hydrogen-bond acceptors (Lipinski definition) is 6. The zero-order valence-corrected chi connectivity index (χ0v) is 17.5. The number of aliphatic hydroxyl groups excluding tert-OH is 1. The van der Waals surface area contributed by atoms with Crippen LogP contribution in [0.4, 0.5) is 10.2 Å². The molecule has 0 bridgehead atoms. The van der Waals surface area contributed by atoms with Gasteiger partial charge in [-0.2, -0.15) is 0 Å². The third kappa shape index (κ3) is 3.87. The van der Waals surface area contributed by atoms with Crippen LogP contribution in [0.25, 0.3) is 5.76 Å². The van der Waals surface area contributed by atoms with Crippen LogP contribution in [0.2, 0.25) is 0 Å². The van der Waals surface area contributed by atoms with E-state index in [1.54, 1.807) is 31.2 Å². The van der Waals surface area contributed by atoms with Crippen LogP contribution in [0.1, 0.15) is 36.3 Å². The van der Waals surface area contributed by atoms with Crippen molar-refractivity contribution >= 4 is 23.3 Å². The van der Waals surface area contributed by atoms with E-state index in [0.29, 0.717) is 23.7 Å². The average Bonchev–Trinajstić information content (AvgIpc) is 3.33. The molecular formula is C24H21FN2O5. The highest BCUT2D eigenvalue weighted by Crippen LogP contribution is 2.42. The Kier molecular flexibility index (Phi) is 5.77. The van der Waals surface area contributed by atoms with Crippen LogP contribution in [0.15, 0.2) is 64.7 Å². The number of aryl methyl sites for hydroxylation is 1. The summed E-state index contributed by atoms with van der Waals surface area (Å²) < 4.78 is 24.1. The van der Waals surface area contributed by atoms with Gasteiger partial charge >= 0.3 is 5.91 Å². The van der Waals surface area contributed by atoms with Gasteiger partial charge in [0.1, 0.15) is 23.1 Å². The minimum atomic E-state index is -0.954. The summed E-state index contributed by atoms with van der Waals surface area (Å²) in [4.78, 5) is 27.2. The fourth-order valence-electron chi connectivity index (χ4n) is 3.58. The molecule has 1 aromatic heterocycles. The number of anilines is 1. The molecule has 7 nitrogen and oxygen atoms in total. The van der Waals surface area contributed by atoms with Gasteiger partial charge in [0, 0.05) is 11.6 Å². The maximum absolute atomic E-state index is 13.4. The van der Waals surface area contributed by atoms with E-state index < -0.39 is 29.3 Å². The number of halogens is 1. The SMILES string of the molecule is CCCOc1ccc(C2/C(=C(\O)c3ccc(F)cc3)C(=O)C(=O)N2c2cc(C)on2)cc1. The molecule has 2 heterocycles. The highest BCUT2D eigenvalue weighted by atomic mass is 19.1. The predicted molar refractivity (Wildman–Crippen MR) is 115 cm³/mol. The van der Waals surface area contributed by atoms with Crippen LogP contribution >= 0.6 is 0 Å². The van der Waals surface area contributed by atoms with Gasteiger partial charge < -0.3 is 14.4 Å². The normalized spacial score (nSPS) is 17.7. The quantitative estimate of drug-likeness (QED) is 0.347. The van der Waals surface area contributed by atoms with Crippen molar-refractivity contribution in [3.05, 3.63) is 82.9 Å². The largest absolute Gasteiger partial charge is 0.507 e. The number of benzene rings is 2. The lowest BCUT2D eigenvalue weighted by Crippen LogP contribution is -2.29. The van der Waals surface area contributed by atoms with E-state index in [1.807, 2.05) is 6.92 Å².